The zero-order valence-electron chi connectivity index (χ0n) is 10.9. The van der Waals surface area contributed by atoms with Crippen molar-refractivity contribution in [1.82, 2.24) is 0 Å². The second kappa shape index (κ2) is 5.95. The van der Waals surface area contributed by atoms with Crippen molar-refractivity contribution in [3.63, 3.8) is 0 Å². The lowest BCUT2D eigenvalue weighted by Crippen LogP contribution is -2.10. The molecule has 2 aromatic rings. The molecule has 0 aliphatic carbocycles. The van der Waals surface area contributed by atoms with Crippen LogP contribution in [0.1, 0.15) is 15.9 Å². The molecule has 1 N–H and O–H groups in total. The fraction of sp³-hybridized carbons (Fsp3) is 0.0714. The first kappa shape index (κ1) is 15.7. The minimum atomic E-state index is -3.38. The molecule has 0 bridgehead atoms. The van der Waals surface area contributed by atoms with Crippen LogP contribution in [0.25, 0.3) is 0 Å². The van der Waals surface area contributed by atoms with Gasteiger partial charge in [-0.1, -0.05) is 6.07 Å². The van der Waals surface area contributed by atoms with Crippen molar-refractivity contribution in [3.8, 4) is 0 Å². The van der Waals surface area contributed by atoms with Crippen molar-refractivity contribution in [2.24, 2.45) is 0 Å². The zero-order valence-corrected chi connectivity index (χ0v) is 13.3. The maximum absolute atomic E-state index is 13.7. The minimum absolute atomic E-state index is 0.0543. The maximum atomic E-state index is 13.7. The van der Waals surface area contributed by atoms with E-state index in [2.05, 4.69) is 20.7 Å². The van der Waals surface area contributed by atoms with Gasteiger partial charge in [0.1, 0.15) is 5.82 Å². The number of halogens is 2. The third-order valence-corrected chi connectivity index (χ3v) is 3.91. The van der Waals surface area contributed by atoms with Gasteiger partial charge in [0.2, 0.25) is 10.0 Å². The number of anilines is 1. The van der Waals surface area contributed by atoms with Crippen LogP contribution in [-0.2, 0) is 10.0 Å². The predicted molar refractivity (Wildman–Crippen MR) is 82.4 cm³/mol. The second-order valence-corrected chi connectivity index (χ2v) is 6.98. The molecule has 0 heterocycles. The minimum Gasteiger partial charge on any atom is -0.288 e. The number of carbonyl (C=O) groups excluding carboxylic acids is 1. The van der Waals surface area contributed by atoms with E-state index >= 15 is 0 Å². The first-order valence-corrected chi connectivity index (χ1v) is 8.53. The van der Waals surface area contributed by atoms with E-state index < -0.39 is 21.6 Å². The maximum Gasteiger partial charge on any atom is 0.229 e. The summed E-state index contributed by atoms with van der Waals surface area (Å²) in [5.74, 6) is -1.10. The third-order valence-electron chi connectivity index (χ3n) is 2.64. The Kier molecular flexibility index (Phi) is 4.43. The Morgan fingerprint density at radius 2 is 1.76 bits per heavy atom. The highest BCUT2D eigenvalue weighted by Gasteiger charge is 2.17. The summed E-state index contributed by atoms with van der Waals surface area (Å²) < 4.78 is 38.6. The van der Waals surface area contributed by atoms with Crippen molar-refractivity contribution in [1.29, 1.82) is 0 Å². The van der Waals surface area contributed by atoms with Crippen molar-refractivity contribution >= 4 is 37.4 Å². The molecule has 0 saturated heterocycles. The third kappa shape index (κ3) is 3.89. The van der Waals surface area contributed by atoms with Gasteiger partial charge in [-0.25, -0.2) is 12.8 Å². The summed E-state index contributed by atoms with van der Waals surface area (Å²) in [6.07, 6.45) is 1.03. The van der Waals surface area contributed by atoms with Gasteiger partial charge in [0.15, 0.2) is 5.78 Å². The summed E-state index contributed by atoms with van der Waals surface area (Å²) in [4.78, 5) is 12.3. The highest BCUT2D eigenvalue weighted by atomic mass is 79.9. The van der Waals surface area contributed by atoms with Crippen LogP contribution in [-0.4, -0.2) is 20.5 Å². The number of ketones is 1. The molecule has 0 amide bonds. The van der Waals surface area contributed by atoms with E-state index in [1.807, 2.05) is 0 Å². The van der Waals surface area contributed by atoms with Gasteiger partial charge in [0.05, 0.1) is 11.8 Å². The van der Waals surface area contributed by atoms with E-state index in [9.17, 15) is 17.6 Å². The Balaban J connectivity index is 2.33. The molecule has 0 saturated carbocycles. The average molecular weight is 372 g/mol. The van der Waals surface area contributed by atoms with E-state index in [1.54, 1.807) is 6.07 Å². The lowest BCUT2D eigenvalue weighted by molar-refractivity contribution is 0.103. The van der Waals surface area contributed by atoms with Crippen LogP contribution in [0.5, 0.6) is 0 Å². The Hall–Kier alpha value is -1.73. The molecular weight excluding hydrogens is 361 g/mol. The molecule has 0 fully saturated rings. The van der Waals surface area contributed by atoms with Gasteiger partial charge in [0, 0.05) is 15.7 Å². The number of benzene rings is 2. The smallest absolute Gasteiger partial charge is 0.229 e. The van der Waals surface area contributed by atoms with Crippen LogP contribution in [0.15, 0.2) is 46.9 Å². The summed E-state index contributed by atoms with van der Waals surface area (Å²) in [7, 11) is -3.38. The van der Waals surface area contributed by atoms with Crippen LogP contribution in [0.2, 0.25) is 0 Å². The molecular formula is C14H11BrFNO3S. The van der Waals surface area contributed by atoms with Crippen LogP contribution in [0.3, 0.4) is 0 Å². The SMILES string of the molecule is CS(=O)(=O)Nc1ccc(C(=O)c2c(F)cccc2Br)cc1. The standard InChI is InChI=1S/C14H11BrFNO3S/c1-21(19,20)17-10-7-5-9(6-8-10)14(18)13-11(15)3-2-4-12(13)16/h2-8,17H,1H3. The van der Waals surface area contributed by atoms with Gasteiger partial charge in [-0.3, -0.25) is 9.52 Å². The van der Waals surface area contributed by atoms with E-state index in [4.69, 9.17) is 0 Å². The number of sulfonamides is 1. The molecule has 0 atom stereocenters. The Bertz CT molecular complexity index is 768. The van der Waals surface area contributed by atoms with Crippen LogP contribution >= 0.6 is 15.9 Å². The van der Waals surface area contributed by atoms with Gasteiger partial charge >= 0.3 is 0 Å². The van der Waals surface area contributed by atoms with Crippen LogP contribution < -0.4 is 4.72 Å². The topological polar surface area (TPSA) is 63.2 Å². The summed E-state index contributed by atoms with van der Waals surface area (Å²) in [5.41, 5.74) is 0.544. The molecule has 21 heavy (non-hydrogen) atoms. The summed E-state index contributed by atoms with van der Waals surface area (Å²) >= 11 is 3.15. The largest absolute Gasteiger partial charge is 0.288 e. The van der Waals surface area contributed by atoms with Crippen LogP contribution in [0, 0.1) is 5.82 Å². The molecule has 7 heteroatoms. The van der Waals surface area contributed by atoms with Crippen molar-refractivity contribution in [2.45, 2.75) is 0 Å². The average Bonchev–Trinajstić information content (AvgIpc) is 2.37. The lowest BCUT2D eigenvalue weighted by atomic mass is 10.0. The van der Waals surface area contributed by atoms with E-state index in [0.29, 0.717) is 10.2 Å². The van der Waals surface area contributed by atoms with Gasteiger partial charge < -0.3 is 0 Å². The Morgan fingerprint density at radius 1 is 1.14 bits per heavy atom. The van der Waals surface area contributed by atoms with Crippen molar-refractivity contribution < 1.29 is 17.6 Å². The molecule has 0 aliphatic rings. The molecule has 2 rings (SSSR count). The lowest BCUT2D eigenvalue weighted by Gasteiger charge is -2.07. The monoisotopic (exact) mass is 371 g/mol. The first-order chi connectivity index (χ1) is 9.78. The fourth-order valence-corrected chi connectivity index (χ4v) is 2.85. The van der Waals surface area contributed by atoms with Gasteiger partial charge in [-0.2, -0.15) is 0 Å². The van der Waals surface area contributed by atoms with Crippen molar-refractivity contribution in [2.75, 3.05) is 11.0 Å². The molecule has 2 aromatic carbocycles. The fourth-order valence-electron chi connectivity index (χ4n) is 1.76. The van der Waals surface area contributed by atoms with Gasteiger partial charge in [-0.05, 0) is 52.3 Å². The molecule has 0 unspecified atom stereocenters. The normalized spacial score (nSPS) is 11.2. The Morgan fingerprint density at radius 3 is 2.29 bits per heavy atom. The Labute approximate surface area is 130 Å². The first-order valence-electron chi connectivity index (χ1n) is 5.84. The number of hydrogen-bond donors (Lipinski definition) is 1. The van der Waals surface area contributed by atoms with E-state index in [-0.39, 0.29) is 11.1 Å². The summed E-state index contributed by atoms with van der Waals surface area (Å²) in [6.45, 7) is 0. The molecule has 0 radical (unpaired) electrons. The molecule has 0 aromatic heterocycles. The molecule has 110 valence electrons. The quantitative estimate of drug-likeness (QED) is 0.839. The number of nitrogens with one attached hydrogen (secondary N) is 1. The number of carbonyl (C=O) groups is 1. The summed E-state index contributed by atoms with van der Waals surface area (Å²) in [6, 6.07) is 10.1. The van der Waals surface area contributed by atoms with E-state index in [0.717, 1.165) is 6.26 Å². The summed E-state index contributed by atoms with van der Waals surface area (Å²) in [5, 5.41) is 0. The molecule has 4 nitrogen and oxygen atoms in total. The number of hydrogen-bond acceptors (Lipinski definition) is 3. The highest BCUT2D eigenvalue weighted by molar-refractivity contribution is 9.10. The number of rotatable bonds is 4. The molecule has 0 spiro atoms. The zero-order chi connectivity index (χ0) is 15.6. The predicted octanol–water partition coefficient (Wildman–Crippen LogP) is 3.19. The van der Waals surface area contributed by atoms with Crippen LogP contribution in [0.4, 0.5) is 10.1 Å². The van der Waals surface area contributed by atoms with Gasteiger partial charge in [0.25, 0.3) is 0 Å². The van der Waals surface area contributed by atoms with E-state index in [1.165, 1.54) is 36.4 Å². The second-order valence-electron chi connectivity index (χ2n) is 4.38. The molecule has 0 aliphatic heterocycles. The van der Waals surface area contributed by atoms with Crippen molar-refractivity contribution in [3.05, 3.63) is 63.9 Å². The highest BCUT2D eigenvalue weighted by Crippen LogP contribution is 2.23. The van der Waals surface area contributed by atoms with Gasteiger partial charge in [-0.15, -0.1) is 0 Å².